The Morgan fingerprint density at radius 1 is 0.415 bits per heavy atom. The van der Waals surface area contributed by atoms with Crippen molar-refractivity contribution < 1.29 is 9.47 Å². The van der Waals surface area contributed by atoms with E-state index < -0.39 is 0 Å². The Hall–Kier alpha value is -16.6. The topological polar surface area (TPSA) is 37.5 Å². The molecule has 0 radical (unpaired) electrons. The van der Waals surface area contributed by atoms with Gasteiger partial charge in [0, 0.05) is 301 Å². The zero-order valence-corrected chi connectivity index (χ0v) is 49.9. The summed E-state index contributed by atoms with van der Waals surface area (Å²) < 4.78 is 11.9. The van der Waals surface area contributed by atoms with Gasteiger partial charge in [0.1, 0.15) is 6.61 Å². The largest absolute Gasteiger partial charge is 0.493 e. The number of H-pyrrole nitrogens is 1. The number of halogens is 1. The van der Waals surface area contributed by atoms with Gasteiger partial charge in [-0.15, -0.1) is 12.8 Å². The molecule has 94 heavy (non-hydrogen) atoms. The number of terminal acetylenes is 2. The number of methoxy groups -OCH3 is 1. The highest BCUT2D eigenvalue weighted by atomic mass is 35.5. The summed E-state index contributed by atoms with van der Waals surface area (Å²) >= 11 is 6.00. The van der Waals surface area contributed by atoms with Gasteiger partial charge in [-0.3, -0.25) is 4.90 Å². The van der Waals surface area contributed by atoms with E-state index in [0.29, 0.717) is 12.6 Å². The van der Waals surface area contributed by atoms with Gasteiger partial charge in [0.15, 0.2) is 11.5 Å². The molecule has 4 nitrogen and oxygen atoms in total. The Labute approximate surface area is 557 Å². The summed E-state index contributed by atoms with van der Waals surface area (Å²) in [5.41, 5.74) is 7.86. The van der Waals surface area contributed by atoms with E-state index in [2.05, 4.69) is 402 Å². The van der Waals surface area contributed by atoms with Crippen LogP contribution in [0.3, 0.4) is 0 Å². The number of fused-ring (bicyclic) bond motifs is 6. The summed E-state index contributed by atoms with van der Waals surface area (Å²) in [5.74, 6) is 150. The van der Waals surface area contributed by atoms with Crippen LogP contribution < -0.4 is 9.47 Å². The van der Waals surface area contributed by atoms with Gasteiger partial charge < -0.3 is 14.5 Å². The number of para-hydroxylation sites is 1. The molecule has 1 atom stereocenters. The molecule has 0 saturated carbocycles. The van der Waals surface area contributed by atoms with Crippen molar-refractivity contribution in [3.63, 3.8) is 0 Å². The normalized spacial score (nSPS) is 8.53. The Morgan fingerprint density at radius 3 is 1.05 bits per heavy atom. The predicted octanol–water partition coefficient (Wildman–Crippen LogP) is 6.42. The standard InChI is InChI=1S/C62H2.C27H25ClN2O2/c1-3-5-7-9-11-13-15-17-19-21-23-25-27-29-31-33-35-37-39-41-43-45-47-49-51-53-55-57-59-61-62-60-58-56-54-52-50-48-46-44-42-40-38-36-34-32-30-28-26-24-22-20-18-16-14-12-10-8-6-4-2;1-31-26-14-21-18(12-27(26)32-16-17-6-8-19(28)9-7-17)10-11-30-15-24-22(13-25(21)30)20-4-2-3-5-23(20)29-24/h1-2H;2-9,12,14,25,29H,10-11,13,15-16H2,1H3. The molecule has 0 saturated heterocycles. The third-order valence-electron chi connectivity index (χ3n) is 10.6. The maximum atomic E-state index is 6.17. The number of rotatable bonds is 4. The number of benzene rings is 3. The van der Waals surface area contributed by atoms with Crippen molar-refractivity contribution in [2.45, 2.75) is 32.0 Å². The van der Waals surface area contributed by atoms with Crippen LogP contribution in [0.4, 0.5) is 0 Å². The molecule has 6 rings (SSSR count). The minimum Gasteiger partial charge on any atom is -0.493 e. The molecule has 1 aromatic heterocycles. The average molecular weight is 1190 g/mol. The van der Waals surface area contributed by atoms with Crippen LogP contribution in [-0.2, 0) is 26.0 Å². The number of ether oxygens (including phenoxy) is 2. The molecule has 3 heterocycles. The number of nitrogens with one attached hydrogen (secondary N) is 1. The van der Waals surface area contributed by atoms with Crippen molar-refractivity contribution in [1.29, 1.82) is 0 Å². The average Bonchev–Trinajstić information content (AvgIpc) is 1.39. The number of aromatic nitrogens is 1. The fourth-order valence-electron chi connectivity index (χ4n) is 7.05. The molecule has 2 aliphatic heterocycles. The van der Waals surface area contributed by atoms with Crippen LogP contribution in [0.2, 0.25) is 5.02 Å². The first-order valence-electron chi connectivity index (χ1n) is 26.4. The van der Waals surface area contributed by atoms with Crippen molar-refractivity contribution in [2.75, 3.05) is 13.7 Å². The Morgan fingerprint density at radius 2 is 0.734 bits per heavy atom. The fraction of sp³-hybridized carbons (Fsp3) is 0.0787. The van der Waals surface area contributed by atoms with Crippen LogP contribution >= 0.6 is 11.6 Å². The van der Waals surface area contributed by atoms with Gasteiger partial charge in [-0.2, -0.15) is 0 Å². The molecule has 0 bridgehead atoms. The molecule has 412 valence electrons. The van der Waals surface area contributed by atoms with Crippen molar-refractivity contribution in [2.24, 2.45) is 0 Å². The lowest BCUT2D eigenvalue weighted by Crippen LogP contribution is -2.39. The summed E-state index contributed by atoms with van der Waals surface area (Å²) in [6.45, 7) is 2.50. The maximum Gasteiger partial charge on any atom is 0.161 e. The summed E-state index contributed by atoms with van der Waals surface area (Å²) in [6.07, 6.45) is 11.9. The molecule has 1 N–H and O–H groups in total. The van der Waals surface area contributed by atoms with Crippen molar-refractivity contribution in [3.05, 3.63) is 93.6 Å². The SMILES string of the molecule is C#CC#CC#CC#CC#CC#CC#CC#CC#CC#CC#CC#CC#CC#CC#CC#CC#CC#CC#CC#CC#CC#CC#CC#CC#CC#CC#CC#CC#CC#CC#C.COc1cc2c(cc1OCc1ccc(Cl)cc1)CCN1Cc3[nH]c4ccccc4c3CC21. The molecular weight excluding hydrogens is 1160 g/mol. The summed E-state index contributed by atoms with van der Waals surface area (Å²) in [4.78, 5) is 6.24. The van der Waals surface area contributed by atoms with E-state index in [-0.39, 0.29) is 0 Å². The minimum atomic E-state index is 0.365. The lowest BCUT2D eigenvalue weighted by Gasteiger charge is -2.40. The molecule has 0 amide bonds. The van der Waals surface area contributed by atoms with Gasteiger partial charge in [-0.05, 0) is 160 Å². The lowest BCUT2D eigenvalue weighted by molar-refractivity contribution is 0.158. The maximum absolute atomic E-state index is 6.17. The van der Waals surface area contributed by atoms with E-state index in [4.69, 9.17) is 33.9 Å². The molecule has 5 heteroatoms. The van der Waals surface area contributed by atoms with E-state index in [1.165, 1.54) is 33.3 Å². The number of aromatic amines is 1. The van der Waals surface area contributed by atoms with E-state index in [1.54, 1.807) is 7.11 Å². The monoisotopic (exact) mass is 1190 g/mol. The van der Waals surface area contributed by atoms with E-state index in [9.17, 15) is 0 Å². The molecule has 0 spiro atoms. The molecule has 3 aromatic carbocycles. The lowest BCUT2D eigenvalue weighted by atomic mass is 9.85. The van der Waals surface area contributed by atoms with Crippen LogP contribution in [0.1, 0.15) is 34.0 Å². The number of hydrogen-bond acceptors (Lipinski definition) is 3. The number of nitrogens with zero attached hydrogens (tertiary/aromatic N) is 1. The van der Waals surface area contributed by atoms with Crippen LogP contribution in [0.25, 0.3) is 10.9 Å². The van der Waals surface area contributed by atoms with Gasteiger partial charge in [-0.25, -0.2) is 0 Å². The summed E-state index contributed by atoms with van der Waals surface area (Å²) in [6, 6.07) is 21.2. The van der Waals surface area contributed by atoms with E-state index in [1.807, 2.05) is 24.3 Å². The van der Waals surface area contributed by atoms with Crippen LogP contribution in [0.15, 0.2) is 60.7 Å². The quantitative estimate of drug-likeness (QED) is 0.240. The third-order valence-corrected chi connectivity index (χ3v) is 10.8. The molecule has 0 aliphatic carbocycles. The number of hydrogen-bond donors (Lipinski definition) is 1. The molecule has 1 unspecified atom stereocenters. The first-order valence-corrected chi connectivity index (χ1v) is 26.8. The molecule has 2 aliphatic rings. The highest BCUT2D eigenvalue weighted by molar-refractivity contribution is 6.30. The van der Waals surface area contributed by atoms with Gasteiger partial charge in [0.05, 0.1) is 7.11 Å². The summed E-state index contributed by atoms with van der Waals surface area (Å²) in [5, 5.41) is 2.08. The Kier molecular flexibility index (Phi) is 33.2. The fourth-order valence-corrected chi connectivity index (χ4v) is 7.17. The first kappa shape index (κ1) is 68.2. The summed E-state index contributed by atoms with van der Waals surface area (Å²) in [7, 11) is 1.72. The van der Waals surface area contributed by atoms with Gasteiger partial charge in [-0.1, -0.05) is 41.9 Å². The first-order chi connectivity index (χ1) is 46.6. The van der Waals surface area contributed by atoms with Crippen LogP contribution in [-0.4, -0.2) is 23.5 Å². The second-order valence-corrected chi connectivity index (χ2v) is 16.7. The second kappa shape index (κ2) is 45.8. The zero-order valence-electron chi connectivity index (χ0n) is 49.2. The van der Waals surface area contributed by atoms with Crippen LogP contribution in [0, 0.1) is 368 Å². The minimum absolute atomic E-state index is 0.365. The highest BCUT2D eigenvalue weighted by Gasteiger charge is 2.34. The Balaban J connectivity index is 0.000000409. The molecular formula is C89H27ClN2O2. The van der Waals surface area contributed by atoms with Gasteiger partial charge in [0.25, 0.3) is 0 Å². The van der Waals surface area contributed by atoms with Crippen LogP contribution in [0.5, 0.6) is 11.5 Å². The van der Waals surface area contributed by atoms with Crippen molar-refractivity contribution in [1.82, 2.24) is 9.88 Å². The highest BCUT2D eigenvalue weighted by Crippen LogP contribution is 2.44. The third kappa shape index (κ3) is 29.3. The predicted molar refractivity (Wildman–Crippen MR) is 371 cm³/mol. The van der Waals surface area contributed by atoms with Crippen molar-refractivity contribution in [3.8, 4) is 380 Å². The molecule has 4 aromatic rings. The van der Waals surface area contributed by atoms with E-state index in [0.717, 1.165) is 48.0 Å². The second-order valence-electron chi connectivity index (χ2n) is 16.2. The zero-order chi connectivity index (χ0) is 66.1. The molecule has 0 fully saturated rings. The smallest absolute Gasteiger partial charge is 0.161 e. The Bertz CT molecular complexity index is 5650. The van der Waals surface area contributed by atoms with Gasteiger partial charge in [0.2, 0.25) is 0 Å². The van der Waals surface area contributed by atoms with E-state index >= 15 is 0 Å². The van der Waals surface area contributed by atoms with Gasteiger partial charge >= 0.3 is 0 Å². The van der Waals surface area contributed by atoms with Crippen molar-refractivity contribution >= 4 is 22.5 Å².